The molecule has 0 aromatic heterocycles. The molecule has 0 aliphatic rings. The number of allylic oxidation sites excluding steroid dienone is 1. The van der Waals surface area contributed by atoms with Crippen LogP contribution in [0.3, 0.4) is 0 Å². The number of carbonyl (C=O) groups excluding carboxylic acids is 1. The van der Waals surface area contributed by atoms with Gasteiger partial charge in [-0.05, 0) is 19.4 Å². The van der Waals surface area contributed by atoms with Crippen molar-refractivity contribution in [3.05, 3.63) is 12.7 Å². The van der Waals surface area contributed by atoms with Gasteiger partial charge in [0.15, 0.2) is 0 Å². The van der Waals surface area contributed by atoms with Crippen LogP contribution in [0.25, 0.3) is 0 Å². The summed E-state index contributed by atoms with van der Waals surface area (Å²) in [6.45, 7) is 4.15. The lowest BCUT2D eigenvalue weighted by Gasteiger charge is -1.94. The Bertz CT molecular complexity index is 110. The summed E-state index contributed by atoms with van der Waals surface area (Å²) in [5.74, 6) is 0.297. The van der Waals surface area contributed by atoms with E-state index in [1.807, 2.05) is 0 Å². The fraction of sp³-hybridized carbons (Fsp3) is 0.625. The molecule has 2 nitrogen and oxygen atoms in total. The van der Waals surface area contributed by atoms with Crippen molar-refractivity contribution in [1.82, 2.24) is 0 Å². The van der Waals surface area contributed by atoms with Crippen LogP contribution in [-0.2, 0) is 4.79 Å². The van der Waals surface area contributed by atoms with Crippen LogP contribution < -0.4 is 5.73 Å². The largest absolute Gasteiger partial charge is 0.330 e. The van der Waals surface area contributed by atoms with Crippen LogP contribution >= 0.6 is 0 Å². The molecule has 0 bridgehead atoms. The third-order valence-corrected chi connectivity index (χ3v) is 1.29. The van der Waals surface area contributed by atoms with Gasteiger partial charge in [-0.2, -0.15) is 0 Å². The molecule has 0 spiro atoms. The van der Waals surface area contributed by atoms with E-state index < -0.39 is 0 Å². The van der Waals surface area contributed by atoms with E-state index in [1.165, 1.54) is 0 Å². The van der Waals surface area contributed by atoms with E-state index in [2.05, 4.69) is 6.58 Å². The van der Waals surface area contributed by atoms with Crippen molar-refractivity contribution < 1.29 is 4.79 Å². The second-order valence-electron chi connectivity index (χ2n) is 2.26. The van der Waals surface area contributed by atoms with E-state index in [-0.39, 0.29) is 0 Å². The van der Waals surface area contributed by atoms with Crippen LogP contribution in [0, 0.1) is 0 Å². The predicted molar refractivity (Wildman–Crippen MR) is 42.7 cm³/mol. The molecule has 58 valence electrons. The molecule has 0 aromatic carbocycles. The van der Waals surface area contributed by atoms with E-state index in [4.69, 9.17) is 5.73 Å². The molecule has 0 unspecified atom stereocenters. The van der Waals surface area contributed by atoms with Gasteiger partial charge in [0.2, 0.25) is 0 Å². The quantitative estimate of drug-likeness (QED) is 0.566. The Morgan fingerprint density at radius 2 is 2.20 bits per heavy atom. The fourth-order valence-corrected chi connectivity index (χ4v) is 0.687. The monoisotopic (exact) mass is 141 g/mol. The summed E-state index contributed by atoms with van der Waals surface area (Å²) < 4.78 is 0. The zero-order valence-corrected chi connectivity index (χ0v) is 6.31. The molecule has 0 aromatic rings. The number of hydrogen-bond donors (Lipinski definition) is 1. The van der Waals surface area contributed by atoms with E-state index >= 15 is 0 Å². The summed E-state index contributed by atoms with van der Waals surface area (Å²) in [6, 6.07) is 0. The van der Waals surface area contributed by atoms with Gasteiger partial charge in [0.1, 0.15) is 5.78 Å². The van der Waals surface area contributed by atoms with Gasteiger partial charge in [-0.1, -0.05) is 6.08 Å². The molecule has 2 N–H and O–H groups in total. The molecule has 0 amide bonds. The van der Waals surface area contributed by atoms with Crippen LogP contribution in [-0.4, -0.2) is 12.3 Å². The topological polar surface area (TPSA) is 43.1 Å². The van der Waals surface area contributed by atoms with E-state index in [9.17, 15) is 4.79 Å². The molecule has 0 aliphatic heterocycles. The highest BCUT2D eigenvalue weighted by Crippen LogP contribution is 1.97. The van der Waals surface area contributed by atoms with Crippen LogP contribution in [0.2, 0.25) is 0 Å². The van der Waals surface area contributed by atoms with Gasteiger partial charge in [0.05, 0.1) is 0 Å². The Labute approximate surface area is 62.1 Å². The van der Waals surface area contributed by atoms with Gasteiger partial charge in [-0.3, -0.25) is 4.79 Å². The van der Waals surface area contributed by atoms with Gasteiger partial charge in [-0.25, -0.2) is 0 Å². The highest BCUT2D eigenvalue weighted by atomic mass is 16.1. The third-order valence-electron chi connectivity index (χ3n) is 1.29. The lowest BCUT2D eigenvalue weighted by atomic mass is 10.1. The van der Waals surface area contributed by atoms with Crippen molar-refractivity contribution in [2.24, 2.45) is 5.73 Å². The predicted octanol–water partition coefficient (Wildman–Crippen LogP) is 1.26. The number of carbonyl (C=O) groups is 1. The molecular formula is C8H15NO. The van der Waals surface area contributed by atoms with Crippen LogP contribution in [0.4, 0.5) is 0 Å². The Morgan fingerprint density at radius 1 is 1.50 bits per heavy atom. The number of nitrogens with two attached hydrogens (primary N) is 1. The van der Waals surface area contributed by atoms with Crippen LogP contribution in [0.5, 0.6) is 0 Å². The van der Waals surface area contributed by atoms with Gasteiger partial charge in [0, 0.05) is 12.8 Å². The Balaban J connectivity index is 3.16. The van der Waals surface area contributed by atoms with Gasteiger partial charge >= 0.3 is 0 Å². The SMILES string of the molecule is C=CCCC(=O)CCCN. The molecule has 0 aliphatic carbocycles. The highest BCUT2D eigenvalue weighted by molar-refractivity contribution is 5.78. The summed E-state index contributed by atoms with van der Waals surface area (Å²) >= 11 is 0. The number of hydrogen-bond acceptors (Lipinski definition) is 2. The smallest absolute Gasteiger partial charge is 0.133 e. The maximum Gasteiger partial charge on any atom is 0.133 e. The first-order valence-corrected chi connectivity index (χ1v) is 3.64. The lowest BCUT2D eigenvalue weighted by molar-refractivity contribution is -0.119. The van der Waals surface area contributed by atoms with Crippen LogP contribution in [0.1, 0.15) is 25.7 Å². The van der Waals surface area contributed by atoms with Crippen molar-refractivity contribution in [2.75, 3.05) is 6.54 Å². The Kier molecular flexibility index (Phi) is 6.08. The zero-order chi connectivity index (χ0) is 7.82. The second kappa shape index (κ2) is 6.49. The summed E-state index contributed by atoms with van der Waals surface area (Å²) in [5.41, 5.74) is 5.23. The summed E-state index contributed by atoms with van der Waals surface area (Å²) in [7, 11) is 0. The summed E-state index contributed by atoms with van der Waals surface area (Å²) in [6.07, 6.45) is 4.63. The molecule has 0 atom stereocenters. The van der Waals surface area contributed by atoms with Crippen molar-refractivity contribution in [1.29, 1.82) is 0 Å². The molecule has 0 saturated heterocycles. The standard InChI is InChI=1S/C8H15NO/c1-2-3-5-8(10)6-4-7-9/h2H,1,3-7,9H2. The molecular weight excluding hydrogens is 126 g/mol. The minimum atomic E-state index is 0.297. The average molecular weight is 141 g/mol. The van der Waals surface area contributed by atoms with Gasteiger partial charge < -0.3 is 5.73 Å². The lowest BCUT2D eigenvalue weighted by Crippen LogP contribution is -2.03. The van der Waals surface area contributed by atoms with Crippen molar-refractivity contribution in [3.63, 3.8) is 0 Å². The molecule has 10 heavy (non-hydrogen) atoms. The normalized spacial score (nSPS) is 9.30. The third kappa shape index (κ3) is 5.51. The molecule has 0 fully saturated rings. The van der Waals surface area contributed by atoms with Crippen molar-refractivity contribution >= 4 is 5.78 Å². The van der Waals surface area contributed by atoms with Crippen molar-refractivity contribution in [3.8, 4) is 0 Å². The number of ketones is 1. The highest BCUT2D eigenvalue weighted by Gasteiger charge is 1.97. The molecule has 0 heterocycles. The van der Waals surface area contributed by atoms with Crippen LogP contribution in [0.15, 0.2) is 12.7 Å². The first-order valence-electron chi connectivity index (χ1n) is 3.64. The maximum absolute atomic E-state index is 10.9. The summed E-state index contributed by atoms with van der Waals surface area (Å²) in [5, 5.41) is 0. The Morgan fingerprint density at radius 3 is 2.70 bits per heavy atom. The average Bonchev–Trinajstić information content (AvgIpc) is 1.97. The Hall–Kier alpha value is -0.630. The van der Waals surface area contributed by atoms with E-state index in [0.717, 1.165) is 12.8 Å². The van der Waals surface area contributed by atoms with E-state index in [1.54, 1.807) is 6.08 Å². The zero-order valence-electron chi connectivity index (χ0n) is 6.31. The summed E-state index contributed by atoms with van der Waals surface area (Å²) in [4.78, 5) is 10.9. The first kappa shape index (κ1) is 9.37. The van der Waals surface area contributed by atoms with Crippen molar-refractivity contribution in [2.45, 2.75) is 25.7 Å². The number of Topliss-reactive ketones (excluding diaryl/α,β-unsaturated/α-hetero) is 1. The fourth-order valence-electron chi connectivity index (χ4n) is 0.687. The molecule has 0 saturated carbocycles. The molecule has 0 rings (SSSR count). The maximum atomic E-state index is 10.9. The first-order chi connectivity index (χ1) is 4.81. The van der Waals surface area contributed by atoms with E-state index in [0.29, 0.717) is 25.2 Å². The van der Waals surface area contributed by atoms with Gasteiger partial charge in [-0.15, -0.1) is 6.58 Å². The minimum absolute atomic E-state index is 0.297. The molecule has 2 heteroatoms. The minimum Gasteiger partial charge on any atom is -0.330 e. The second-order valence-corrected chi connectivity index (χ2v) is 2.26. The molecule has 0 radical (unpaired) electrons. The number of rotatable bonds is 6. The van der Waals surface area contributed by atoms with Gasteiger partial charge in [0.25, 0.3) is 0 Å².